The highest BCUT2D eigenvalue weighted by Gasteiger charge is 2.22. The maximum Gasteiger partial charge on any atom is 0.253 e. The van der Waals surface area contributed by atoms with Crippen LogP contribution in [0.2, 0.25) is 0 Å². The smallest absolute Gasteiger partial charge is 0.253 e. The molecule has 0 aromatic rings. The van der Waals surface area contributed by atoms with E-state index in [1.807, 2.05) is 0 Å². The number of hydrogen-bond acceptors (Lipinski definition) is 5. The summed E-state index contributed by atoms with van der Waals surface area (Å²) in [5.74, 6) is -0.241. The number of ether oxygens (including phenoxy) is 2. The molecule has 0 aliphatic carbocycles. The number of carbonyl (C=O) groups is 3. The first-order valence-corrected chi connectivity index (χ1v) is 7.77. The highest BCUT2D eigenvalue weighted by atomic mass is 16.5. The largest absolute Gasteiger partial charge is 0.382 e. The molecule has 6 nitrogen and oxygen atoms in total. The van der Waals surface area contributed by atoms with Gasteiger partial charge in [0.2, 0.25) is 0 Å². The van der Waals surface area contributed by atoms with E-state index in [1.165, 1.54) is 17.1 Å². The Kier molecular flexibility index (Phi) is 9.34. The maximum absolute atomic E-state index is 11.6. The lowest BCUT2D eigenvalue weighted by atomic mass is 10.1. The van der Waals surface area contributed by atoms with Crippen molar-refractivity contribution in [2.24, 2.45) is 0 Å². The number of methoxy groups -OCH3 is 1. The molecule has 0 saturated carbocycles. The van der Waals surface area contributed by atoms with Crippen molar-refractivity contribution >= 4 is 17.6 Å². The van der Waals surface area contributed by atoms with Crippen LogP contribution in [0.3, 0.4) is 0 Å². The van der Waals surface area contributed by atoms with Gasteiger partial charge in [0, 0.05) is 45.3 Å². The van der Waals surface area contributed by atoms with Gasteiger partial charge in [0.15, 0.2) is 0 Å². The third kappa shape index (κ3) is 7.47. The summed E-state index contributed by atoms with van der Waals surface area (Å²) in [6.07, 6.45) is 6.80. The van der Waals surface area contributed by atoms with Gasteiger partial charge in [0.25, 0.3) is 11.8 Å². The average molecular weight is 311 g/mol. The fraction of sp³-hybridized carbons (Fsp3) is 0.688. The number of imide groups is 1. The molecule has 1 aliphatic heterocycles. The number of nitrogens with zero attached hydrogens (tertiary/aromatic N) is 1. The topological polar surface area (TPSA) is 72.9 Å². The van der Waals surface area contributed by atoms with Crippen LogP contribution < -0.4 is 0 Å². The normalized spacial score (nSPS) is 14.1. The van der Waals surface area contributed by atoms with Gasteiger partial charge in [-0.1, -0.05) is 6.42 Å². The Hall–Kier alpha value is -1.53. The van der Waals surface area contributed by atoms with Crippen molar-refractivity contribution in [2.45, 2.75) is 38.5 Å². The molecular weight excluding hydrogens is 286 g/mol. The maximum atomic E-state index is 11.6. The number of carbonyl (C=O) groups excluding carboxylic acids is 3. The van der Waals surface area contributed by atoms with Gasteiger partial charge in [-0.25, -0.2) is 0 Å². The molecule has 0 aromatic carbocycles. The van der Waals surface area contributed by atoms with Crippen molar-refractivity contribution in [2.75, 3.05) is 33.5 Å². The van der Waals surface area contributed by atoms with Crippen molar-refractivity contribution in [3.8, 4) is 0 Å². The Bertz CT molecular complexity index is 387. The zero-order valence-electron chi connectivity index (χ0n) is 13.2. The zero-order valence-corrected chi connectivity index (χ0v) is 13.2. The lowest BCUT2D eigenvalue weighted by Crippen LogP contribution is -2.30. The number of amides is 2. The molecule has 0 radical (unpaired) electrons. The minimum atomic E-state index is -0.241. The lowest BCUT2D eigenvalue weighted by molar-refractivity contribution is -0.136. The molecule has 0 bridgehead atoms. The van der Waals surface area contributed by atoms with Crippen molar-refractivity contribution in [3.63, 3.8) is 0 Å². The van der Waals surface area contributed by atoms with Gasteiger partial charge in [0.05, 0.1) is 13.2 Å². The molecule has 0 N–H and O–H groups in total. The quantitative estimate of drug-likeness (QED) is 0.380. The van der Waals surface area contributed by atoms with Crippen molar-refractivity contribution in [3.05, 3.63) is 12.2 Å². The second kappa shape index (κ2) is 11.1. The van der Waals surface area contributed by atoms with Crippen molar-refractivity contribution < 1.29 is 23.9 Å². The molecule has 0 spiro atoms. The van der Waals surface area contributed by atoms with Crippen LogP contribution in [0.15, 0.2) is 12.2 Å². The minimum Gasteiger partial charge on any atom is -0.382 e. The standard InChI is InChI=1S/C16H25NO5/c1-21-12-13-22-11-5-7-14(18)6-3-2-4-10-17-15(19)8-9-16(17)20/h8-9H,2-7,10-13H2,1H3. The molecule has 0 aromatic heterocycles. The Morgan fingerprint density at radius 3 is 2.32 bits per heavy atom. The van der Waals surface area contributed by atoms with E-state index in [0.717, 1.165) is 25.7 Å². The molecule has 2 amide bonds. The molecule has 0 fully saturated rings. The predicted octanol–water partition coefficient (Wildman–Crippen LogP) is 1.48. The monoisotopic (exact) mass is 311 g/mol. The van der Waals surface area contributed by atoms with E-state index < -0.39 is 0 Å². The van der Waals surface area contributed by atoms with E-state index in [1.54, 1.807) is 7.11 Å². The molecule has 0 unspecified atom stereocenters. The van der Waals surface area contributed by atoms with Crippen LogP contribution in [0.1, 0.15) is 38.5 Å². The second-order valence-electron chi connectivity index (χ2n) is 5.22. The van der Waals surface area contributed by atoms with E-state index in [4.69, 9.17) is 9.47 Å². The van der Waals surface area contributed by atoms with Gasteiger partial charge in [-0.3, -0.25) is 19.3 Å². The first-order chi connectivity index (χ1) is 10.6. The van der Waals surface area contributed by atoms with Crippen LogP contribution in [-0.4, -0.2) is 56.0 Å². The summed E-state index contributed by atoms with van der Waals surface area (Å²) in [7, 11) is 1.62. The number of rotatable bonds is 13. The summed E-state index contributed by atoms with van der Waals surface area (Å²) in [6, 6.07) is 0. The molecule has 0 atom stereocenters. The molecule has 1 aliphatic rings. The highest BCUT2D eigenvalue weighted by Crippen LogP contribution is 2.09. The fourth-order valence-corrected chi connectivity index (χ4v) is 2.16. The van der Waals surface area contributed by atoms with Gasteiger partial charge < -0.3 is 9.47 Å². The number of ketones is 1. The van der Waals surface area contributed by atoms with E-state index in [0.29, 0.717) is 39.2 Å². The van der Waals surface area contributed by atoms with Gasteiger partial charge in [-0.05, 0) is 19.3 Å². The van der Waals surface area contributed by atoms with E-state index in [-0.39, 0.29) is 17.6 Å². The highest BCUT2D eigenvalue weighted by molar-refractivity contribution is 6.12. The first kappa shape index (κ1) is 18.5. The van der Waals surface area contributed by atoms with Crippen molar-refractivity contribution in [1.29, 1.82) is 0 Å². The first-order valence-electron chi connectivity index (χ1n) is 7.77. The second-order valence-corrected chi connectivity index (χ2v) is 5.22. The minimum absolute atomic E-state index is 0.241. The average Bonchev–Trinajstić information content (AvgIpc) is 2.82. The molecular formula is C16H25NO5. The molecule has 6 heteroatoms. The van der Waals surface area contributed by atoms with Crippen LogP contribution in [0.4, 0.5) is 0 Å². The molecule has 22 heavy (non-hydrogen) atoms. The van der Waals surface area contributed by atoms with E-state index >= 15 is 0 Å². The van der Waals surface area contributed by atoms with Crippen LogP contribution >= 0.6 is 0 Å². The third-order valence-corrected chi connectivity index (χ3v) is 3.41. The Balaban J connectivity index is 1.92. The lowest BCUT2D eigenvalue weighted by Gasteiger charge is -2.12. The van der Waals surface area contributed by atoms with Crippen LogP contribution in [0.25, 0.3) is 0 Å². The number of hydrogen-bond donors (Lipinski definition) is 0. The van der Waals surface area contributed by atoms with Gasteiger partial charge in [-0.15, -0.1) is 0 Å². The summed E-state index contributed by atoms with van der Waals surface area (Å²) in [4.78, 5) is 35.5. The Morgan fingerprint density at radius 1 is 0.955 bits per heavy atom. The van der Waals surface area contributed by atoms with Crippen LogP contribution in [-0.2, 0) is 23.9 Å². The third-order valence-electron chi connectivity index (χ3n) is 3.41. The van der Waals surface area contributed by atoms with Gasteiger partial charge in [-0.2, -0.15) is 0 Å². The predicted molar refractivity (Wildman–Crippen MR) is 81.3 cm³/mol. The number of Topliss-reactive ketones (excluding diaryl/α,β-unsaturated/α-hetero) is 1. The van der Waals surface area contributed by atoms with Gasteiger partial charge in [0.1, 0.15) is 5.78 Å². The van der Waals surface area contributed by atoms with Crippen LogP contribution in [0, 0.1) is 0 Å². The molecule has 124 valence electrons. The summed E-state index contributed by atoms with van der Waals surface area (Å²) in [5, 5.41) is 0. The zero-order chi connectivity index (χ0) is 16.2. The molecule has 1 heterocycles. The molecule has 1 rings (SSSR count). The van der Waals surface area contributed by atoms with E-state index in [9.17, 15) is 14.4 Å². The SMILES string of the molecule is COCCOCCCC(=O)CCCCCN1C(=O)C=CC1=O. The fourth-order valence-electron chi connectivity index (χ4n) is 2.16. The van der Waals surface area contributed by atoms with Crippen LogP contribution in [0.5, 0.6) is 0 Å². The van der Waals surface area contributed by atoms with Gasteiger partial charge >= 0.3 is 0 Å². The number of unbranched alkanes of at least 4 members (excludes halogenated alkanes) is 2. The Labute approximate surface area is 131 Å². The molecule has 0 saturated heterocycles. The summed E-state index contributed by atoms with van der Waals surface area (Å²) < 4.78 is 10.1. The van der Waals surface area contributed by atoms with E-state index in [2.05, 4.69) is 0 Å². The Morgan fingerprint density at radius 2 is 1.64 bits per heavy atom. The summed E-state index contributed by atoms with van der Waals surface area (Å²) in [5.41, 5.74) is 0. The summed E-state index contributed by atoms with van der Waals surface area (Å²) >= 11 is 0. The van der Waals surface area contributed by atoms with Crippen molar-refractivity contribution in [1.82, 2.24) is 4.90 Å². The summed E-state index contributed by atoms with van der Waals surface area (Å²) in [6.45, 7) is 2.16.